The maximum Gasteiger partial charge on any atom is 0.338 e. The zero-order chi connectivity index (χ0) is 13.0. The van der Waals surface area contributed by atoms with Gasteiger partial charge in [0.15, 0.2) is 17.1 Å². The van der Waals surface area contributed by atoms with E-state index in [0.29, 0.717) is 0 Å². The van der Waals surface area contributed by atoms with Crippen LogP contribution in [-0.4, -0.2) is 39.1 Å². The third-order valence-electron chi connectivity index (χ3n) is 1.97. The summed E-state index contributed by atoms with van der Waals surface area (Å²) in [4.78, 5) is 11.2. The van der Waals surface area contributed by atoms with Crippen LogP contribution in [-0.2, 0) is 9.53 Å². The van der Waals surface area contributed by atoms with Crippen molar-refractivity contribution in [1.29, 1.82) is 0 Å². The molecular weight excluding hydrogens is 250 g/mol. The molecule has 2 atom stereocenters. The molecule has 17 heavy (non-hydrogen) atoms. The van der Waals surface area contributed by atoms with Gasteiger partial charge in [0.05, 0.1) is 6.61 Å². The van der Waals surface area contributed by atoms with Crippen LogP contribution in [0.4, 0.5) is 5.82 Å². The van der Waals surface area contributed by atoms with Crippen LogP contribution in [0.25, 0.3) is 0 Å². The van der Waals surface area contributed by atoms with E-state index in [2.05, 4.69) is 14.9 Å². The number of halogens is 1. The third kappa shape index (κ3) is 3.26. The number of anilines is 1. The van der Waals surface area contributed by atoms with Gasteiger partial charge in [-0.2, -0.15) is 0 Å². The predicted octanol–water partition coefficient (Wildman–Crippen LogP) is -0.330. The van der Waals surface area contributed by atoms with Crippen molar-refractivity contribution in [2.45, 2.75) is 19.1 Å². The van der Waals surface area contributed by atoms with Crippen molar-refractivity contribution in [1.82, 2.24) is 10.2 Å². The Kier molecular flexibility index (Phi) is 4.62. The maximum absolute atomic E-state index is 11.2. The molecule has 0 bridgehead atoms. The standard InChI is InChI=1S/C9H12ClN3O4/c1-2-17-9(16)7(15)6(14)4-3-5(10)12-13-8(4)11/h3,6-7,14-15H,2H2,1H3,(H2,11,13). The van der Waals surface area contributed by atoms with Crippen molar-refractivity contribution >= 4 is 23.4 Å². The number of rotatable bonds is 4. The van der Waals surface area contributed by atoms with Crippen molar-refractivity contribution < 1.29 is 19.7 Å². The number of nitrogens with two attached hydrogens (primary N) is 1. The molecule has 7 nitrogen and oxygen atoms in total. The van der Waals surface area contributed by atoms with Gasteiger partial charge in [-0.1, -0.05) is 11.6 Å². The summed E-state index contributed by atoms with van der Waals surface area (Å²) in [5, 5.41) is 26.1. The molecule has 94 valence electrons. The van der Waals surface area contributed by atoms with E-state index in [1.807, 2.05) is 0 Å². The Morgan fingerprint density at radius 3 is 2.82 bits per heavy atom. The molecule has 2 unspecified atom stereocenters. The first-order valence-electron chi connectivity index (χ1n) is 4.78. The summed E-state index contributed by atoms with van der Waals surface area (Å²) in [6.45, 7) is 1.67. The molecule has 0 amide bonds. The monoisotopic (exact) mass is 261 g/mol. The summed E-state index contributed by atoms with van der Waals surface area (Å²) in [5.41, 5.74) is 5.47. The molecule has 0 aromatic carbocycles. The number of nitrogens with zero attached hydrogens (tertiary/aromatic N) is 2. The summed E-state index contributed by atoms with van der Waals surface area (Å²) < 4.78 is 4.56. The lowest BCUT2D eigenvalue weighted by Gasteiger charge is -2.17. The van der Waals surface area contributed by atoms with Gasteiger partial charge in [0.1, 0.15) is 6.10 Å². The number of hydrogen-bond donors (Lipinski definition) is 3. The largest absolute Gasteiger partial charge is 0.464 e. The highest BCUT2D eigenvalue weighted by atomic mass is 35.5. The average Bonchev–Trinajstić information content (AvgIpc) is 2.30. The third-order valence-corrected chi connectivity index (χ3v) is 2.15. The fourth-order valence-corrected chi connectivity index (χ4v) is 1.31. The highest BCUT2D eigenvalue weighted by Crippen LogP contribution is 2.23. The summed E-state index contributed by atoms with van der Waals surface area (Å²) in [7, 11) is 0. The SMILES string of the molecule is CCOC(=O)C(O)C(O)c1cc(Cl)nnc1N. The van der Waals surface area contributed by atoms with Gasteiger partial charge in [0.25, 0.3) is 0 Å². The second kappa shape index (κ2) is 5.76. The van der Waals surface area contributed by atoms with E-state index in [4.69, 9.17) is 17.3 Å². The summed E-state index contributed by atoms with van der Waals surface area (Å²) in [6, 6.07) is 1.22. The number of aliphatic hydroxyl groups is 2. The normalized spacial score (nSPS) is 14.1. The van der Waals surface area contributed by atoms with E-state index in [1.165, 1.54) is 6.07 Å². The number of hydrogen-bond acceptors (Lipinski definition) is 7. The fourth-order valence-electron chi connectivity index (χ4n) is 1.15. The van der Waals surface area contributed by atoms with Gasteiger partial charge in [0.2, 0.25) is 0 Å². The molecule has 0 saturated heterocycles. The molecule has 8 heteroatoms. The van der Waals surface area contributed by atoms with Crippen LogP contribution in [0.2, 0.25) is 5.15 Å². The van der Waals surface area contributed by atoms with Gasteiger partial charge < -0.3 is 20.7 Å². The number of carbonyl (C=O) groups is 1. The maximum atomic E-state index is 11.2. The molecule has 0 saturated carbocycles. The van der Waals surface area contributed by atoms with Crippen LogP contribution in [0.1, 0.15) is 18.6 Å². The smallest absolute Gasteiger partial charge is 0.338 e. The predicted molar refractivity (Wildman–Crippen MR) is 59.1 cm³/mol. The van der Waals surface area contributed by atoms with Crippen LogP contribution in [0.3, 0.4) is 0 Å². The number of esters is 1. The first-order valence-corrected chi connectivity index (χ1v) is 5.16. The van der Waals surface area contributed by atoms with Crippen molar-refractivity contribution in [3.8, 4) is 0 Å². The summed E-state index contributed by atoms with van der Waals surface area (Å²) in [5.74, 6) is -1.07. The molecule has 0 aliphatic carbocycles. The molecule has 1 aromatic rings. The van der Waals surface area contributed by atoms with Crippen LogP contribution in [0.5, 0.6) is 0 Å². The Morgan fingerprint density at radius 2 is 2.24 bits per heavy atom. The molecule has 4 N–H and O–H groups in total. The summed E-state index contributed by atoms with van der Waals surface area (Å²) in [6.07, 6.45) is -3.32. The minimum Gasteiger partial charge on any atom is -0.464 e. The zero-order valence-electron chi connectivity index (χ0n) is 9.00. The number of carbonyl (C=O) groups excluding carboxylic acids is 1. The first kappa shape index (κ1) is 13.6. The van der Waals surface area contributed by atoms with Crippen molar-refractivity contribution in [2.24, 2.45) is 0 Å². The quantitative estimate of drug-likeness (QED) is 0.635. The molecule has 1 aromatic heterocycles. The molecule has 1 rings (SSSR count). The molecule has 0 radical (unpaired) electrons. The highest BCUT2D eigenvalue weighted by Gasteiger charge is 2.29. The number of nitrogen functional groups attached to an aromatic ring is 1. The molecule has 0 fully saturated rings. The van der Waals surface area contributed by atoms with E-state index in [1.54, 1.807) is 6.92 Å². The van der Waals surface area contributed by atoms with Crippen molar-refractivity contribution in [3.63, 3.8) is 0 Å². The lowest BCUT2D eigenvalue weighted by Crippen LogP contribution is -2.30. The molecule has 0 aliphatic heterocycles. The molecule has 0 aliphatic rings. The second-order valence-corrected chi connectivity index (χ2v) is 3.54. The van der Waals surface area contributed by atoms with Crippen LogP contribution >= 0.6 is 11.6 Å². The van der Waals surface area contributed by atoms with Gasteiger partial charge in [-0.05, 0) is 13.0 Å². The van der Waals surface area contributed by atoms with E-state index >= 15 is 0 Å². The van der Waals surface area contributed by atoms with Crippen molar-refractivity contribution in [3.05, 3.63) is 16.8 Å². The average molecular weight is 262 g/mol. The second-order valence-electron chi connectivity index (χ2n) is 3.15. The van der Waals surface area contributed by atoms with E-state index in [-0.39, 0.29) is 23.1 Å². The van der Waals surface area contributed by atoms with Crippen molar-refractivity contribution in [2.75, 3.05) is 12.3 Å². The van der Waals surface area contributed by atoms with Crippen LogP contribution < -0.4 is 5.73 Å². The van der Waals surface area contributed by atoms with Crippen LogP contribution in [0, 0.1) is 0 Å². The minimum absolute atomic E-state index is 0.00990. The molecular formula is C9H12ClN3O4. The van der Waals surface area contributed by atoms with Crippen LogP contribution in [0.15, 0.2) is 6.07 Å². The minimum atomic E-state index is -1.75. The summed E-state index contributed by atoms with van der Waals surface area (Å²) >= 11 is 5.57. The Bertz CT molecular complexity index is 415. The van der Waals surface area contributed by atoms with Gasteiger partial charge in [-0.15, -0.1) is 10.2 Å². The van der Waals surface area contributed by atoms with Gasteiger partial charge in [0, 0.05) is 5.56 Å². The van der Waals surface area contributed by atoms with Gasteiger partial charge in [-0.25, -0.2) is 4.79 Å². The topological polar surface area (TPSA) is 119 Å². The first-order chi connectivity index (χ1) is 7.97. The molecule has 1 heterocycles. The highest BCUT2D eigenvalue weighted by molar-refractivity contribution is 6.29. The van der Waals surface area contributed by atoms with E-state index in [9.17, 15) is 15.0 Å². The van der Waals surface area contributed by atoms with Gasteiger partial charge >= 0.3 is 5.97 Å². The van der Waals surface area contributed by atoms with Gasteiger partial charge in [-0.3, -0.25) is 0 Å². The zero-order valence-corrected chi connectivity index (χ0v) is 9.76. The van der Waals surface area contributed by atoms with E-state index in [0.717, 1.165) is 0 Å². The number of aromatic nitrogens is 2. The lowest BCUT2D eigenvalue weighted by molar-refractivity contribution is -0.159. The lowest BCUT2D eigenvalue weighted by atomic mass is 10.1. The Labute approximate surface area is 102 Å². The fraction of sp³-hybridized carbons (Fsp3) is 0.444. The Morgan fingerprint density at radius 1 is 1.59 bits per heavy atom. The Balaban J connectivity index is 2.91. The number of ether oxygens (including phenoxy) is 1. The van der Waals surface area contributed by atoms with E-state index < -0.39 is 18.2 Å². The molecule has 0 spiro atoms. The number of aliphatic hydroxyl groups excluding tert-OH is 2. The Hall–Kier alpha value is -1.44.